The normalized spacial score (nSPS) is 26.7. The minimum atomic E-state index is 0.301. The van der Waals surface area contributed by atoms with Gasteiger partial charge < -0.3 is 9.64 Å². The molecule has 0 N–H and O–H groups in total. The van der Waals surface area contributed by atoms with Gasteiger partial charge in [0.2, 0.25) is 0 Å². The van der Waals surface area contributed by atoms with Crippen LogP contribution in [0.1, 0.15) is 19.5 Å². The highest BCUT2D eigenvalue weighted by Gasteiger charge is 2.22. The van der Waals surface area contributed by atoms with E-state index in [0.29, 0.717) is 12.2 Å². The van der Waals surface area contributed by atoms with Gasteiger partial charge in [-0.25, -0.2) is 0 Å². The van der Waals surface area contributed by atoms with Gasteiger partial charge in [0, 0.05) is 18.8 Å². The van der Waals surface area contributed by atoms with Crippen molar-refractivity contribution in [3.05, 3.63) is 24.0 Å². The fourth-order valence-corrected chi connectivity index (χ4v) is 2.04. The van der Waals surface area contributed by atoms with Crippen LogP contribution in [-0.2, 0) is 4.74 Å². The first-order valence-corrected chi connectivity index (χ1v) is 5.48. The number of nitrogens with zero attached hydrogens (tertiary/aromatic N) is 2. The summed E-state index contributed by atoms with van der Waals surface area (Å²) >= 11 is 0. The Hall–Kier alpha value is -1.09. The summed E-state index contributed by atoms with van der Waals surface area (Å²) in [4.78, 5) is 6.66. The third kappa shape index (κ3) is 2.48. The smallest absolute Gasteiger partial charge is 0.0726 e. The highest BCUT2D eigenvalue weighted by atomic mass is 16.5. The van der Waals surface area contributed by atoms with E-state index in [4.69, 9.17) is 4.74 Å². The van der Waals surface area contributed by atoms with E-state index in [9.17, 15) is 0 Å². The van der Waals surface area contributed by atoms with Crippen molar-refractivity contribution in [2.24, 2.45) is 0 Å². The van der Waals surface area contributed by atoms with E-state index >= 15 is 0 Å². The molecule has 1 saturated heterocycles. The summed E-state index contributed by atoms with van der Waals surface area (Å²) in [6.07, 6.45) is 2.55. The van der Waals surface area contributed by atoms with Gasteiger partial charge in [0.25, 0.3) is 0 Å². The maximum atomic E-state index is 5.70. The summed E-state index contributed by atoms with van der Waals surface area (Å²) < 4.78 is 5.70. The predicted octanol–water partition coefficient (Wildman–Crippen LogP) is 2.00. The molecule has 0 amide bonds. The molecule has 0 bridgehead atoms. The number of hydrogen-bond donors (Lipinski definition) is 0. The van der Waals surface area contributed by atoms with Gasteiger partial charge in [0.05, 0.1) is 24.1 Å². The summed E-state index contributed by atoms with van der Waals surface area (Å²) in [6.45, 7) is 8.15. The van der Waals surface area contributed by atoms with Gasteiger partial charge in [0.1, 0.15) is 0 Å². The van der Waals surface area contributed by atoms with Gasteiger partial charge >= 0.3 is 0 Å². The zero-order chi connectivity index (χ0) is 10.8. The number of rotatable bonds is 1. The molecular formula is C12H18N2O. The molecule has 0 aliphatic carbocycles. The lowest BCUT2D eigenvalue weighted by atomic mass is 10.2. The number of anilines is 1. The largest absolute Gasteiger partial charge is 0.372 e. The second kappa shape index (κ2) is 4.19. The van der Waals surface area contributed by atoms with Crippen molar-refractivity contribution in [2.45, 2.75) is 33.0 Å². The first-order chi connectivity index (χ1) is 7.15. The van der Waals surface area contributed by atoms with Crippen LogP contribution in [0.5, 0.6) is 0 Å². The molecule has 2 rings (SSSR count). The Kier molecular flexibility index (Phi) is 2.91. The Labute approximate surface area is 91.1 Å². The Morgan fingerprint density at radius 1 is 1.27 bits per heavy atom. The number of hydrogen-bond acceptors (Lipinski definition) is 3. The van der Waals surface area contributed by atoms with Crippen molar-refractivity contribution in [2.75, 3.05) is 18.0 Å². The predicted molar refractivity (Wildman–Crippen MR) is 61.2 cm³/mol. The van der Waals surface area contributed by atoms with Crippen molar-refractivity contribution < 1.29 is 4.74 Å². The second-order valence-corrected chi connectivity index (χ2v) is 4.32. The fraction of sp³-hybridized carbons (Fsp3) is 0.583. The minimum absolute atomic E-state index is 0.301. The number of morpholine rings is 1. The molecule has 1 aliphatic heterocycles. The molecule has 1 aromatic heterocycles. The molecule has 1 aromatic rings. The highest BCUT2D eigenvalue weighted by molar-refractivity contribution is 5.45. The standard InChI is InChI=1S/C12H18N2O/c1-9-4-5-12(6-13-9)14-7-10(2)15-11(3)8-14/h4-6,10-11H,7-8H2,1-3H3/t10-,11-/m1/s1. The third-order valence-electron chi connectivity index (χ3n) is 2.68. The van der Waals surface area contributed by atoms with Gasteiger partial charge in [-0.1, -0.05) is 0 Å². The van der Waals surface area contributed by atoms with Crippen LogP contribution >= 0.6 is 0 Å². The molecule has 0 aromatic carbocycles. The van der Waals surface area contributed by atoms with Gasteiger partial charge in [-0.2, -0.15) is 0 Å². The summed E-state index contributed by atoms with van der Waals surface area (Å²) in [5.41, 5.74) is 2.26. The lowest BCUT2D eigenvalue weighted by Crippen LogP contribution is -2.45. The lowest BCUT2D eigenvalue weighted by molar-refractivity contribution is -0.00523. The van der Waals surface area contributed by atoms with Crippen LogP contribution in [0.2, 0.25) is 0 Å². The summed E-state index contributed by atoms with van der Waals surface area (Å²) in [5.74, 6) is 0. The second-order valence-electron chi connectivity index (χ2n) is 4.32. The number of aryl methyl sites for hydroxylation is 1. The molecule has 1 fully saturated rings. The van der Waals surface area contributed by atoms with E-state index in [2.05, 4.69) is 35.9 Å². The van der Waals surface area contributed by atoms with E-state index in [1.54, 1.807) is 0 Å². The van der Waals surface area contributed by atoms with Gasteiger partial charge in [-0.05, 0) is 32.9 Å². The molecular weight excluding hydrogens is 188 g/mol. The summed E-state index contributed by atoms with van der Waals surface area (Å²) in [5, 5.41) is 0. The average Bonchev–Trinajstić information content (AvgIpc) is 2.17. The first kappa shape index (κ1) is 10.4. The Morgan fingerprint density at radius 3 is 2.47 bits per heavy atom. The Morgan fingerprint density at radius 2 is 1.93 bits per heavy atom. The van der Waals surface area contributed by atoms with Crippen molar-refractivity contribution in [1.29, 1.82) is 0 Å². The van der Waals surface area contributed by atoms with Crippen molar-refractivity contribution in [1.82, 2.24) is 4.98 Å². The SMILES string of the molecule is Cc1ccc(N2C[C@@H](C)O[C@H](C)C2)cn1. The molecule has 0 spiro atoms. The number of pyridine rings is 1. The van der Waals surface area contributed by atoms with Crippen LogP contribution in [-0.4, -0.2) is 30.3 Å². The quantitative estimate of drug-likeness (QED) is 0.702. The molecule has 0 saturated carbocycles. The van der Waals surface area contributed by atoms with E-state index in [1.165, 1.54) is 5.69 Å². The topological polar surface area (TPSA) is 25.4 Å². The van der Waals surface area contributed by atoms with Crippen LogP contribution in [0.15, 0.2) is 18.3 Å². The van der Waals surface area contributed by atoms with E-state index in [-0.39, 0.29) is 0 Å². The van der Waals surface area contributed by atoms with Crippen LogP contribution in [0.3, 0.4) is 0 Å². The van der Waals surface area contributed by atoms with Crippen molar-refractivity contribution in [3.63, 3.8) is 0 Å². The molecule has 3 heteroatoms. The van der Waals surface area contributed by atoms with E-state index in [1.807, 2.05) is 13.1 Å². The van der Waals surface area contributed by atoms with Crippen LogP contribution in [0.25, 0.3) is 0 Å². The van der Waals surface area contributed by atoms with Crippen molar-refractivity contribution >= 4 is 5.69 Å². The monoisotopic (exact) mass is 206 g/mol. The zero-order valence-corrected chi connectivity index (χ0v) is 9.60. The molecule has 0 unspecified atom stereocenters. The molecule has 2 heterocycles. The average molecular weight is 206 g/mol. The van der Waals surface area contributed by atoms with E-state index in [0.717, 1.165) is 18.8 Å². The third-order valence-corrected chi connectivity index (χ3v) is 2.68. The molecule has 3 nitrogen and oxygen atoms in total. The zero-order valence-electron chi connectivity index (χ0n) is 9.60. The molecule has 2 atom stereocenters. The summed E-state index contributed by atoms with van der Waals surface area (Å²) in [6, 6.07) is 4.19. The molecule has 0 radical (unpaired) electrons. The lowest BCUT2D eigenvalue weighted by Gasteiger charge is -2.36. The van der Waals surface area contributed by atoms with Gasteiger partial charge in [0.15, 0.2) is 0 Å². The van der Waals surface area contributed by atoms with Crippen LogP contribution in [0, 0.1) is 6.92 Å². The van der Waals surface area contributed by atoms with Gasteiger partial charge in [-0.15, -0.1) is 0 Å². The summed E-state index contributed by atoms with van der Waals surface area (Å²) in [7, 11) is 0. The van der Waals surface area contributed by atoms with Crippen molar-refractivity contribution in [3.8, 4) is 0 Å². The fourth-order valence-electron chi connectivity index (χ4n) is 2.04. The van der Waals surface area contributed by atoms with E-state index < -0.39 is 0 Å². The van der Waals surface area contributed by atoms with Gasteiger partial charge in [-0.3, -0.25) is 4.98 Å². The van der Waals surface area contributed by atoms with Crippen LogP contribution < -0.4 is 4.90 Å². The maximum absolute atomic E-state index is 5.70. The van der Waals surface area contributed by atoms with Crippen LogP contribution in [0.4, 0.5) is 5.69 Å². The Bertz CT molecular complexity index is 313. The molecule has 82 valence electrons. The Balaban J connectivity index is 2.12. The highest BCUT2D eigenvalue weighted by Crippen LogP contribution is 2.19. The molecule has 1 aliphatic rings. The first-order valence-electron chi connectivity index (χ1n) is 5.48. The minimum Gasteiger partial charge on any atom is -0.372 e. The number of ether oxygens (including phenoxy) is 1. The molecule has 15 heavy (non-hydrogen) atoms. The maximum Gasteiger partial charge on any atom is 0.0726 e. The number of aromatic nitrogens is 1.